The summed E-state index contributed by atoms with van der Waals surface area (Å²) in [5, 5.41) is 3.42. The third kappa shape index (κ3) is 4.07. The van der Waals surface area contributed by atoms with E-state index in [-0.39, 0.29) is 5.91 Å². The quantitative estimate of drug-likeness (QED) is 0.911. The Bertz CT molecular complexity index is 586. The van der Waals surface area contributed by atoms with Gasteiger partial charge in [-0.15, -0.1) is 0 Å². The number of amides is 1. The molecule has 0 aromatic heterocycles. The van der Waals surface area contributed by atoms with Gasteiger partial charge in [0.05, 0.1) is 0 Å². The molecule has 0 aliphatic rings. The van der Waals surface area contributed by atoms with Crippen molar-refractivity contribution in [3.05, 3.63) is 70.5 Å². The summed E-state index contributed by atoms with van der Waals surface area (Å²) in [5.41, 5.74) is 1.37. The zero-order valence-electron chi connectivity index (χ0n) is 10.2. The third-order valence-corrected chi connectivity index (χ3v) is 2.91. The van der Waals surface area contributed by atoms with E-state index in [0.29, 0.717) is 23.6 Å². The van der Waals surface area contributed by atoms with E-state index in [0.717, 1.165) is 5.56 Å². The molecule has 1 N–H and O–H groups in total. The van der Waals surface area contributed by atoms with E-state index >= 15 is 0 Å². The minimum absolute atomic E-state index is 0.276. The van der Waals surface area contributed by atoms with Crippen LogP contribution >= 0.6 is 11.6 Å². The number of carbonyl (C=O) groups is 1. The van der Waals surface area contributed by atoms with E-state index in [1.54, 1.807) is 12.1 Å². The Morgan fingerprint density at radius 1 is 1.16 bits per heavy atom. The van der Waals surface area contributed by atoms with Gasteiger partial charge in [-0.25, -0.2) is 4.39 Å². The number of nitrogens with one attached hydrogen (secondary N) is 1. The topological polar surface area (TPSA) is 29.1 Å². The molecule has 98 valence electrons. The largest absolute Gasteiger partial charge is 0.352 e. The van der Waals surface area contributed by atoms with Gasteiger partial charge in [0.15, 0.2) is 0 Å². The molecule has 0 saturated heterocycles. The molecule has 0 fully saturated rings. The van der Waals surface area contributed by atoms with E-state index in [4.69, 9.17) is 11.6 Å². The van der Waals surface area contributed by atoms with Crippen molar-refractivity contribution in [2.45, 2.75) is 6.42 Å². The summed E-state index contributed by atoms with van der Waals surface area (Å²) in [7, 11) is 0. The van der Waals surface area contributed by atoms with Gasteiger partial charge in [0.1, 0.15) is 5.82 Å². The van der Waals surface area contributed by atoms with Crippen molar-refractivity contribution in [3.8, 4) is 0 Å². The Labute approximate surface area is 116 Å². The number of hydrogen-bond acceptors (Lipinski definition) is 1. The van der Waals surface area contributed by atoms with Crippen LogP contribution in [0.3, 0.4) is 0 Å². The fraction of sp³-hybridized carbons (Fsp3) is 0.133. The number of hydrogen-bond donors (Lipinski definition) is 1. The summed E-state index contributed by atoms with van der Waals surface area (Å²) in [6, 6.07) is 13.1. The second-order valence-electron chi connectivity index (χ2n) is 4.15. The van der Waals surface area contributed by atoms with Crippen LogP contribution in [0.25, 0.3) is 0 Å². The zero-order valence-corrected chi connectivity index (χ0v) is 11.0. The first-order valence-corrected chi connectivity index (χ1v) is 6.31. The van der Waals surface area contributed by atoms with Crippen molar-refractivity contribution in [1.82, 2.24) is 5.32 Å². The minimum Gasteiger partial charge on any atom is -0.352 e. The lowest BCUT2D eigenvalue weighted by Gasteiger charge is -2.06. The van der Waals surface area contributed by atoms with Crippen LogP contribution in [0.15, 0.2) is 48.5 Å². The molecule has 0 unspecified atom stereocenters. The molecule has 0 aliphatic heterocycles. The van der Waals surface area contributed by atoms with Gasteiger partial charge < -0.3 is 5.32 Å². The summed E-state index contributed by atoms with van der Waals surface area (Å²) in [6.45, 7) is 0.482. The summed E-state index contributed by atoms with van der Waals surface area (Å²) in [4.78, 5) is 11.8. The summed E-state index contributed by atoms with van der Waals surface area (Å²) < 4.78 is 13.0. The van der Waals surface area contributed by atoms with E-state index in [1.165, 1.54) is 18.2 Å². The van der Waals surface area contributed by atoms with Gasteiger partial charge in [-0.2, -0.15) is 0 Å². The Morgan fingerprint density at radius 3 is 2.68 bits per heavy atom. The average molecular weight is 278 g/mol. The van der Waals surface area contributed by atoms with Crippen LogP contribution in [0.4, 0.5) is 4.39 Å². The van der Waals surface area contributed by atoms with E-state index in [9.17, 15) is 9.18 Å². The maximum absolute atomic E-state index is 13.0. The number of halogens is 2. The van der Waals surface area contributed by atoms with Crippen LogP contribution in [-0.4, -0.2) is 12.5 Å². The summed E-state index contributed by atoms with van der Waals surface area (Å²) in [5.74, 6) is -0.691. The molecule has 4 heteroatoms. The Kier molecular flexibility index (Phi) is 4.53. The predicted octanol–water partition coefficient (Wildman–Crippen LogP) is 3.45. The molecule has 1 amide bonds. The maximum atomic E-state index is 13.0. The van der Waals surface area contributed by atoms with Crippen LogP contribution < -0.4 is 5.32 Å². The second kappa shape index (κ2) is 6.34. The van der Waals surface area contributed by atoms with Crippen molar-refractivity contribution < 1.29 is 9.18 Å². The lowest BCUT2D eigenvalue weighted by Crippen LogP contribution is -2.25. The first-order valence-electron chi connectivity index (χ1n) is 5.93. The van der Waals surface area contributed by atoms with Crippen LogP contribution in [-0.2, 0) is 6.42 Å². The average Bonchev–Trinajstić information content (AvgIpc) is 2.38. The number of benzene rings is 2. The van der Waals surface area contributed by atoms with Crippen LogP contribution in [0.1, 0.15) is 15.9 Å². The molecule has 2 rings (SSSR count). The standard InChI is InChI=1S/C15H13ClFNO/c16-13-5-1-3-11(9-13)7-8-18-15(19)12-4-2-6-14(17)10-12/h1-6,9-10H,7-8H2,(H,18,19). The van der Waals surface area contributed by atoms with Gasteiger partial charge in [0.25, 0.3) is 5.91 Å². The summed E-state index contributed by atoms with van der Waals surface area (Å²) in [6.07, 6.45) is 0.682. The Morgan fingerprint density at radius 2 is 1.95 bits per heavy atom. The molecule has 0 heterocycles. The molecule has 0 spiro atoms. The van der Waals surface area contributed by atoms with Gasteiger partial charge in [0, 0.05) is 17.1 Å². The molecule has 2 nitrogen and oxygen atoms in total. The second-order valence-corrected chi connectivity index (χ2v) is 4.58. The fourth-order valence-corrected chi connectivity index (χ4v) is 1.96. The Hall–Kier alpha value is -1.87. The van der Waals surface area contributed by atoms with E-state index in [1.807, 2.05) is 18.2 Å². The first kappa shape index (κ1) is 13.6. The first-order chi connectivity index (χ1) is 9.15. The van der Waals surface area contributed by atoms with Crippen LogP contribution in [0.2, 0.25) is 5.02 Å². The highest BCUT2D eigenvalue weighted by Crippen LogP contribution is 2.10. The number of carbonyl (C=O) groups excluding carboxylic acids is 1. The van der Waals surface area contributed by atoms with E-state index < -0.39 is 5.82 Å². The lowest BCUT2D eigenvalue weighted by molar-refractivity contribution is 0.0953. The lowest BCUT2D eigenvalue weighted by atomic mass is 10.1. The predicted molar refractivity (Wildman–Crippen MR) is 73.9 cm³/mol. The maximum Gasteiger partial charge on any atom is 0.251 e. The van der Waals surface area contributed by atoms with Gasteiger partial charge >= 0.3 is 0 Å². The van der Waals surface area contributed by atoms with Crippen molar-refractivity contribution >= 4 is 17.5 Å². The molecule has 2 aromatic carbocycles. The highest BCUT2D eigenvalue weighted by molar-refractivity contribution is 6.30. The number of rotatable bonds is 4. The third-order valence-electron chi connectivity index (χ3n) is 2.68. The summed E-state index contributed by atoms with van der Waals surface area (Å²) >= 11 is 5.87. The highest BCUT2D eigenvalue weighted by atomic mass is 35.5. The molecule has 19 heavy (non-hydrogen) atoms. The van der Waals surface area contributed by atoms with Crippen molar-refractivity contribution in [2.24, 2.45) is 0 Å². The Balaban J connectivity index is 1.87. The minimum atomic E-state index is -0.414. The highest BCUT2D eigenvalue weighted by Gasteiger charge is 2.05. The molecular formula is C15H13ClFNO. The molecular weight excluding hydrogens is 265 g/mol. The van der Waals surface area contributed by atoms with Crippen molar-refractivity contribution in [2.75, 3.05) is 6.54 Å². The normalized spacial score (nSPS) is 10.2. The van der Waals surface area contributed by atoms with Gasteiger partial charge in [0.2, 0.25) is 0 Å². The molecule has 2 aromatic rings. The molecule has 0 radical (unpaired) electrons. The van der Waals surface area contributed by atoms with Crippen LogP contribution in [0.5, 0.6) is 0 Å². The fourth-order valence-electron chi connectivity index (χ4n) is 1.74. The SMILES string of the molecule is O=C(NCCc1cccc(Cl)c1)c1cccc(F)c1. The smallest absolute Gasteiger partial charge is 0.251 e. The van der Waals surface area contributed by atoms with Crippen molar-refractivity contribution in [3.63, 3.8) is 0 Å². The van der Waals surface area contributed by atoms with Gasteiger partial charge in [-0.3, -0.25) is 4.79 Å². The molecule has 0 saturated carbocycles. The monoisotopic (exact) mass is 277 g/mol. The van der Waals surface area contributed by atoms with Gasteiger partial charge in [-0.1, -0.05) is 29.8 Å². The molecule has 0 atom stereocenters. The zero-order chi connectivity index (χ0) is 13.7. The van der Waals surface area contributed by atoms with Crippen LogP contribution in [0, 0.1) is 5.82 Å². The van der Waals surface area contributed by atoms with Gasteiger partial charge in [-0.05, 0) is 42.3 Å². The molecule has 0 aliphatic carbocycles. The van der Waals surface area contributed by atoms with Crippen molar-refractivity contribution in [1.29, 1.82) is 0 Å². The molecule has 0 bridgehead atoms. The van der Waals surface area contributed by atoms with E-state index in [2.05, 4.69) is 5.32 Å².